The van der Waals surface area contributed by atoms with E-state index in [2.05, 4.69) is 43.3 Å². The molecule has 0 aliphatic carbocycles. The van der Waals surface area contributed by atoms with Gasteiger partial charge in [-0.05, 0) is 36.5 Å². The third-order valence-electron chi connectivity index (χ3n) is 3.00. The van der Waals surface area contributed by atoms with Gasteiger partial charge in [-0.25, -0.2) is 4.98 Å². The highest BCUT2D eigenvalue weighted by atomic mass is 32.1. The predicted octanol–water partition coefficient (Wildman–Crippen LogP) is 4.80. The summed E-state index contributed by atoms with van der Waals surface area (Å²) in [6, 6.07) is 8.33. The van der Waals surface area contributed by atoms with E-state index in [0.29, 0.717) is 12.5 Å². The lowest BCUT2D eigenvalue weighted by Gasteiger charge is -2.07. The van der Waals surface area contributed by atoms with Gasteiger partial charge in [0.05, 0.1) is 10.7 Å². The lowest BCUT2D eigenvalue weighted by molar-refractivity contribution is 0.302. The Bertz CT molecular complexity index is 502. The van der Waals surface area contributed by atoms with Gasteiger partial charge in [0.2, 0.25) is 0 Å². The minimum absolute atomic E-state index is 0.557. The Labute approximate surface area is 119 Å². The van der Waals surface area contributed by atoms with E-state index >= 15 is 0 Å². The van der Waals surface area contributed by atoms with Crippen molar-refractivity contribution in [3.05, 3.63) is 45.9 Å². The molecule has 0 atom stereocenters. The van der Waals surface area contributed by atoms with Crippen LogP contribution in [0.4, 0.5) is 0 Å². The number of nitrogens with zero attached hydrogens (tertiary/aromatic N) is 1. The topological polar surface area (TPSA) is 22.1 Å². The molecule has 0 fully saturated rings. The molecule has 3 heteroatoms. The van der Waals surface area contributed by atoms with Gasteiger partial charge in [0.1, 0.15) is 12.4 Å². The zero-order valence-corrected chi connectivity index (χ0v) is 12.7. The monoisotopic (exact) mass is 275 g/mol. The van der Waals surface area contributed by atoms with Gasteiger partial charge in [-0.15, -0.1) is 11.3 Å². The standard InChI is InChI=1S/C16H21NOS/c1-4-5-16-17-14(11-19-16)10-18-15-8-6-13(7-9-15)12(2)3/h6-9,11-12H,4-5,10H2,1-3H3. The van der Waals surface area contributed by atoms with Crippen molar-refractivity contribution < 1.29 is 4.74 Å². The van der Waals surface area contributed by atoms with Crippen LogP contribution in [0, 0.1) is 0 Å². The van der Waals surface area contributed by atoms with Crippen molar-refractivity contribution in [2.45, 2.75) is 46.1 Å². The third kappa shape index (κ3) is 4.06. The number of rotatable bonds is 6. The van der Waals surface area contributed by atoms with E-state index in [0.717, 1.165) is 24.3 Å². The Balaban J connectivity index is 1.90. The molecule has 0 saturated carbocycles. The highest BCUT2D eigenvalue weighted by Gasteiger charge is 2.03. The Hall–Kier alpha value is -1.35. The summed E-state index contributed by atoms with van der Waals surface area (Å²) in [4.78, 5) is 4.55. The van der Waals surface area contributed by atoms with Crippen LogP contribution < -0.4 is 4.74 Å². The quantitative estimate of drug-likeness (QED) is 0.755. The van der Waals surface area contributed by atoms with Crippen LogP contribution in [-0.4, -0.2) is 4.98 Å². The molecule has 1 aromatic carbocycles. The van der Waals surface area contributed by atoms with Crippen LogP contribution in [0.25, 0.3) is 0 Å². The average molecular weight is 275 g/mol. The summed E-state index contributed by atoms with van der Waals surface area (Å²) >= 11 is 1.72. The van der Waals surface area contributed by atoms with Crippen LogP contribution in [0.15, 0.2) is 29.6 Å². The number of hydrogen-bond donors (Lipinski definition) is 0. The first-order chi connectivity index (χ1) is 9.19. The molecule has 0 aliphatic heterocycles. The van der Waals surface area contributed by atoms with Crippen LogP contribution in [0.5, 0.6) is 5.75 Å². The van der Waals surface area contributed by atoms with Crippen molar-refractivity contribution in [2.24, 2.45) is 0 Å². The smallest absolute Gasteiger partial charge is 0.131 e. The molecule has 0 bridgehead atoms. The molecular weight excluding hydrogens is 254 g/mol. The molecule has 0 aliphatic rings. The summed E-state index contributed by atoms with van der Waals surface area (Å²) in [5.74, 6) is 1.47. The minimum Gasteiger partial charge on any atom is -0.487 e. The maximum atomic E-state index is 5.76. The number of aromatic nitrogens is 1. The maximum absolute atomic E-state index is 5.76. The van der Waals surface area contributed by atoms with E-state index in [9.17, 15) is 0 Å². The van der Waals surface area contributed by atoms with Crippen molar-refractivity contribution >= 4 is 11.3 Å². The second-order valence-electron chi connectivity index (χ2n) is 4.99. The molecule has 0 saturated heterocycles. The lowest BCUT2D eigenvalue weighted by Crippen LogP contribution is -1.96. The van der Waals surface area contributed by atoms with Crippen molar-refractivity contribution in [2.75, 3.05) is 0 Å². The van der Waals surface area contributed by atoms with Crippen molar-refractivity contribution in [3.63, 3.8) is 0 Å². The van der Waals surface area contributed by atoms with E-state index in [-0.39, 0.29) is 0 Å². The van der Waals surface area contributed by atoms with Gasteiger partial charge in [-0.3, -0.25) is 0 Å². The number of thiazole rings is 1. The molecular formula is C16H21NOS. The fraction of sp³-hybridized carbons (Fsp3) is 0.438. The third-order valence-corrected chi connectivity index (χ3v) is 3.95. The van der Waals surface area contributed by atoms with Gasteiger partial charge in [0, 0.05) is 5.38 Å². The highest BCUT2D eigenvalue weighted by Crippen LogP contribution is 2.20. The van der Waals surface area contributed by atoms with E-state index < -0.39 is 0 Å². The number of ether oxygens (including phenoxy) is 1. The molecule has 0 unspecified atom stereocenters. The molecule has 0 N–H and O–H groups in total. The summed E-state index contributed by atoms with van der Waals surface area (Å²) in [7, 11) is 0. The van der Waals surface area contributed by atoms with E-state index in [4.69, 9.17) is 4.74 Å². The molecule has 1 heterocycles. The van der Waals surface area contributed by atoms with Gasteiger partial charge in [-0.2, -0.15) is 0 Å². The second kappa shape index (κ2) is 6.71. The largest absolute Gasteiger partial charge is 0.487 e. The van der Waals surface area contributed by atoms with E-state index in [1.54, 1.807) is 11.3 Å². The molecule has 0 radical (unpaired) electrons. The number of benzene rings is 1. The normalized spacial score (nSPS) is 10.9. The summed E-state index contributed by atoms with van der Waals surface area (Å²) in [6.07, 6.45) is 2.21. The van der Waals surface area contributed by atoms with Crippen LogP contribution >= 0.6 is 11.3 Å². The van der Waals surface area contributed by atoms with Gasteiger partial charge < -0.3 is 4.74 Å². The van der Waals surface area contributed by atoms with Crippen LogP contribution in [-0.2, 0) is 13.0 Å². The van der Waals surface area contributed by atoms with Crippen LogP contribution in [0.2, 0.25) is 0 Å². The van der Waals surface area contributed by atoms with Crippen LogP contribution in [0.3, 0.4) is 0 Å². The fourth-order valence-electron chi connectivity index (χ4n) is 1.85. The molecule has 2 rings (SSSR count). The van der Waals surface area contributed by atoms with E-state index in [1.807, 2.05) is 12.1 Å². The fourth-order valence-corrected chi connectivity index (χ4v) is 2.73. The van der Waals surface area contributed by atoms with E-state index in [1.165, 1.54) is 10.6 Å². The Morgan fingerprint density at radius 3 is 2.58 bits per heavy atom. The summed E-state index contributed by atoms with van der Waals surface area (Å²) in [5, 5.41) is 3.30. The molecule has 0 spiro atoms. The van der Waals surface area contributed by atoms with Gasteiger partial charge in [0.15, 0.2) is 0 Å². The molecule has 19 heavy (non-hydrogen) atoms. The first-order valence-electron chi connectivity index (χ1n) is 6.85. The zero-order valence-electron chi connectivity index (χ0n) is 11.8. The average Bonchev–Trinajstić information content (AvgIpc) is 2.85. The lowest BCUT2D eigenvalue weighted by atomic mass is 10.0. The predicted molar refractivity (Wildman–Crippen MR) is 81.0 cm³/mol. The summed E-state index contributed by atoms with van der Waals surface area (Å²) < 4.78 is 5.76. The van der Waals surface area contributed by atoms with Crippen molar-refractivity contribution in [1.29, 1.82) is 0 Å². The van der Waals surface area contributed by atoms with Crippen LogP contribution in [0.1, 0.15) is 49.4 Å². The first kappa shape index (κ1) is 14.1. The molecule has 1 aromatic heterocycles. The Morgan fingerprint density at radius 2 is 1.95 bits per heavy atom. The Kier molecular flexibility index (Phi) is 4.97. The maximum Gasteiger partial charge on any atom is 0.131 e. The number of aryl methyl sites for hydroxylation is 1. The SMILES string of the molecule is CCCc1nc(COc2ccc(C(C)C)cc2)cs1. The van der Waals surface area contributed by atoms with Crippen molar-refractivity contribution in [1.82, 2.24) is 4.98 Å². The number of hydrogen-bond acceptors (Lipinski definition) is 3. The Morgan fingerprint density at radius 1 is 1.21 bits per heavy atom. The van der Waals surface area contributed by atoms with Gasteiger partial charge in [0.25, 0.3) is 0 Å². The zero-order chi connectivity index (χ0) is 13.7. The minimum atomic E-state index is 0.557. The highest BCUT2D eigenvalue weighted by molar-refractivity contribution is 7.09. The molecule has 2 aromatic rings. The second-order valence-corrected chi connectivity index (χ2v) is 5.94. The first-order valence-corrected chi connectivity index (χ1v) is 7.73. The molecule has 102 valence electrons. The van der Waals surface area contributed by atoms with Gasteiger partial charge in [-0.1, -0.05) is 32.9 Å². The molecule has 2 nitrogen and oxygen atoms in total. The summed E-state index contributed by atoms with van der Waals surface area (Å²) in [5.41, 5.74) is 2.37. The summed E-state index contributed by atoms with van der Waals surface area (Å²) in [6.45, 7) is 7.12. The van der Waals surface area contributed by atoms with Crippen molar-refractivity contribution in [3.8, 4) is 5.75 Å². The molecule has 0 amide bonds. The van der Waals surface area contributed by atoms with Gasteiger partial charge >= 0.3 is 0 Å².